The Bertz CT molecular complexity index is 679. The van der Waals surface area contributed by atoms with Crippen LogP contribution < -0.4 is 14.4 Å². The van der Waals surface area contributed by atoms with Crippen molar-refractivity contribution >= 4 is 15.9 Å². The van der Waals surface area contributed by atoms with Gasteiger partial charge in [-0.2, -0.15) is 12.7 Å². The van der Waals surface area contributed by atoms with Gasteiger partial charge in [-0.05, 0) is 18.6 Å². The second-order valence-electron chi connectivity index (χ2n) is 6.35. The van der Waals surface area contributed by atoms with Crippen LogP contribution in [0.5, 0.6) is 5.75 Å². The number of rotatable bonds is 4. The Morgan fingerprint density at radius 3 is 2.78 bits per heavy atom. The van der Waals surface area contributed by atoms with Crippen LogP contribution in [-0.4, -0.2) is 63.8 Å². The van der Waals surface area contributed by atoms with Crippen LogP contribution in [0.1, 0.15) is 6.42 Å². The van der Waals surface area contributed by atoms with Gasteiger partial charge in [-0.25, -0.2) is 4.72 Å². The number of nitrogens with zero attached hydrogens (tertiary/aromatic N) is 2. The van der Waals surface area contributed by atoms with Gasteiger partial charge < -0.3 is 14.7 Å². The molecule has 1 heterocycles. The molecule has 2 aliphatic rings. The van der Waals surface area contributed by atoms with E-state index in [1.807, 2.05) is 36.2 Å². The molecule has 0 spiro atoms. The molecule has 0 saturated heterocycles. The SMILES string of the molecule is CN1c2ccccc2O[C@@H]2C[C@@H](CNS(=O)(=O)N(C)C)[C@@H](O)[C@@H]21. The summed E-state index contributed by atoms with van der Waals surface area (Å²) in [6.07, 6.45) is -0.178. The molecule has 0 radical (unpaired) electrons. The van der Waals surface area contributed by atoms with Crippen LogP contribution in [0.15, 0.2) is 24.3 Å². The van der Waals surface area contributed by atoms with Crippen LogP contribution >= 0.6 is 0 Å². The fourth-order valence-corrected chi connectivity index (χ4v) is 4.07. The first kappa shape index (κ1) is 16.5. The number of nitrogens with one attached hydrogen (secondary N) is 1. The van der Waals surface area contributed by atoms with E-state index in [4.69, 9.17) is 4.74 Å². The molecule has 2 N–H and O–H groups in total. The lowest BCUT2D eigenvalue weighted by atomic mass is 10.0. The summed E-state index contributed by atoms with van der Waals surface area (Å²) in [5.41, 5.74) is 0.947. The molecule has 1 aromatic rings. The molecule has 4 atom stereocenters. The fourth-order valence-electron chi connectivity index (χ4n) is 3.39. The van der Waals surface area contributed by atoms with Gasteiger partial charge in [-0.3, -0.25) is 0 Å². The number of aliphatic hydroxyl groups excluding tert-OH is 1. The molecule has 1 aliphatic carbocycles. The summed E-state index contributed by atoms with van der Waals surface area (Å²) in [6.45, 7) is 0.197. The predicted octanol–water partition coefficient (Wildman–Crippen LogP) is 0.0292. The first-order valence-electron chi connectivity index (χ1n) is 7.65. The Balaban J connectivity index is 1.74. The maximum Gasteiger partial charge on any atom is 0.278 e. The summed E-state index contributed by atoms with van der Waals surface area (Å²) < 4.78 is 33.4. The Hall–Kier alpha value is -1.35. The highest BCUT2D eigenvalue weighted by molar-refractivity contribution is 7.87. The van der Waals surface area contributed by atoms with Crippen LogP contribution in [0.25, 0.3) is 0 Å². The van der Waals surface area contributed by atoms with Crippen molar-refractivity contribution in [1.82, 2.24) is 9.03 Å². The average Bonchev–Trinajstić information content (AvgIpc) is 2.82. The molecule has 0 amide bonds. The quantitative estimate of drug-likeness (QED) is 0.807. The van der Waals surface area contributed by atoms with Crippen molar-refractivity contribution in [2.45, 2.75) is 24.7 Å². The number of benzene rings is 1. The van der Waals surface area contributed by atoms with Crippen molar-refractivity contribution in [2.24, 2.45) is 5.92 Å². The van der Waals surface area contributed by atoms with Gasteiger partial charge in [0.1, 0.15) is 11.9 Å². The third-order valence-electron chi connectivity index (χ3n) is 4.73. The number of hydrogen-bond donors (Lipinski definition) is 2. The van der Waals surface area contributed by atoms with Crippen molar-refractivity contribution < 1.29 is 18.3 Å². The van der Waals surface area contributed by atoms with Crippen molar-refractivity contribution in [2.75, 3.05) is 32.6 Å². The van der Waals surface area contributed by atoms with E-state index in [-0.39, 0.29) is 24.6 Å². The summed E-state index contributed by atoms with van der Waals surface area (Å²) in [4.78, 5) is 2.04. The molecule has 1 aromatic carbocycles. The van der Waals surface area contributed by atoms with Crippen molar-refractivity contribution in [3.63, 3.8) is 0 Å². The molecule has 0 aromatic heterocycles. The highest BCUT2D eigenvalue weighted by atomic mass is 32.2. The predicted molar refractivity (Wildman–Crippen MR) is 87.8 cm³/mol. The average molecular weight is 341 g/mol. The van der Waals surface area contributed by atoms with Crippen LogP contribution in [0.2, 0.25) is 0 Å². The molecule has 3 rings (SSSR count). The van der Waals surface area contributed by atoms with Gasteiger partial charge >= 0.3 is 0 Å². The summed E-state index contributed by atoms with van der Waals surface area (Å²) in [6, 6.07) is 7.56. The standard InChI is InChI=1S/C15H23N3O4S/c1-17(2)23(20,21)16-9-10-8-13-14(15(10)19)18(3)11-6-4-5-7-12(11)22-13/h4-7,10,13-16,19H,8-9H2,1-3H3/t10-,13+,14+,15+/m0/s1. The number of likely N-dealkylation sites (N-methyl/N-ethyl adjacent to an activating group) is 1. The number of fused-ring (bicyclic) bond motifs is 2. The molecule has 128 valence electrons. The van der Waals surface area contributed by atoms with Crippen molar-refractivity contribution in [1.29, 1.82) is 0 Å². The van der Waals surface area contributed by atoms with E-state index in [0.29, 0.717) is 6.42 Å². The van der Waals surface area contributed by atoms with Gasteiger partial charge in [0.25, 0.3) is 10.2 Å². The zero-order valence-electron chi connectivity index (χ0n) is 13.5. The van der Waals surface area contributed by atoms with E-state index >= 15 is 0 Å². The topological polar surface area (TPSA) is 82.1 Å². The number of aliphatic hydroxyl groups is 1. The summed E-state index contributed by atoms with van der Waals surface area (Å²) >= 11 is 0. The van der Waals surface area contributed by atoms with Crippen molar-refractivity contribution in [3.05, 3.63) is 24.3 Å². The van der Waals surface area contributed by atoms with Crippen LogP contribution in [0, 0.1) is 5.92 Å². The third kappa shape index (κ3) is 2.91. The molecule has 1 aliphatic heterocycles. The van der Waals surface area contributed by atoms with Gasteiger partial charge in [-0.1, -0.05) is 12.1 Å². The summed E-state index contributed by atoms with van der Waals surface area (Å²) in [5.74, 6) is 0.620. The Kier molecular flexibility index (Phi) is 4.26. The van der Waals surface area contributed by atoms with E-state index in [1.54, 1.807) is 0 Å². The highest BCUT2D eigenvalue weighted by Gasteiger charge is 2.48. The van der Waals surface area contributed by atoms with Crippen LogP contribution in [0.3, 0.4) is 0 Å². The maximum atomic E-state index is 11.8. The van der Waals surface area contributed by atoms with Crippen LogP contribution in [0.4, 0.5) is 5.69 Å². The maximum absolute atomic E-state index is 11.8. The molecule has 1 fully saturated rings. The molecule has 1 saturated carbocycles. The monoisotopic (exact) mass is 341 g/mol. The second kappa shape index (κ2) is 5.94. The molecule has 0 unspecified atom stereocenters. The van der Waals surface area contributed by atoms with E-state index in [2.05, 4.69) is 4.72 Å². The second-order valence-corrected chi connectivity index (χ2v) is 8.32. The Labute approximate surface area is 137 Å². The Morgan fingerprint density at radius 1 is 1.39 bits per heavy atom. The highest BCUT2D eigenvalue weighted by Crippen LogP contribution is 2.42. The van der Waals surface area contributed by atoms with Crippen LogP contribution in [-0.2, 0) is 10.2 Å². The minimum absolute atomic E-state index is 0.140. The molecule has 23 heavy (non-hydrogen) atoms. The zero-order valence-corrected chi connectivity index (χ0v) is 14.3. The van der Waals surface area contributed by atoms with E-state index in [0.717, 1.165) is 15.7 Å². The van der Waals surface area contributed by atoms with E-state index in [9.17, 15) is 13.5 Å². The van der Waals surface area contributed by atoms with Gasteiger partial charge in [0.05, 0.1) is 17.8 Å². The van der Waals surface area contributed by atoms with Gasteiger partial charge in [0, 0.05) is 33.6 Å². The third-order valence-corrected chi connectivity index (χ3v) is 6.22. The van der Waals surface area contributed by atoms with Gasteiger partial charge in [0.15, 0.2) is 0 Å². The van der Waals surface area contributed by atoms with E-state index in [1.165, 1.54) is 14.1 Å². The first-order valence-corrected chi connectivity index (χ1v) is 9.09. The first-order chi connectivity index (χ1) is 10.8. The normalized spacial score (nSPS) is 30.0. The molecule has 0 bridgehead atoms. The zero-order chi connectivity index (χ0) is 16.8. The van der Waals surface area contributed by atoms with E-state index < -0.39 is 16.3 Å². The number of hydrogen-bond acceptors (Lipinski definition) is 5. The number of para-hydroxylation sites is 2. The van der Waals surface area contributed by atoms with Crippen molar-refractivity contribution in [3.8, 4) is 5.75 Å². The molecule has 8 heteroatoms. The lowest BCUT2D eigenvalue weighted by Gasteiger charge is -2.39. The molecular formula is C15H23N3O4S. The smallest absolute Gasteiger partial charge is 0.278 e. The van der Waals surface area contributed by atoms with Gasteiger partial charge in [-0.15, -0.1) is 0 Å². The summed E-state index contributed by atoms with van der Waals surface area (Å²) in [7, 11) is 1.39. The fraction of sp³-hybridized carbons (Fsp3) is 0.600. The molecular weight excluding hydrogens is 318 g/mol. The lowest BCUT2D eigenvalue weighted by molar-refractivity contribution is 0.0945. The Morgan fingerprint density at radius 2 is 2.09 bits per heavy atom. The molecule has 7 nitrogen and oxygen atoms in total. The minimum atomic E-state index is -3.49. The number of ether oxygens (including phenoxy) is 1. The lowest BCUT2D eigenvalue weighted by Crippen LogP contribution is -2.50. The minimum Gasteiger partial charge on any atom is -0.486 e. The summed E-state index contributed by atoms with van der Waals surface area (Å²) in [5, 5.41) is 10.6. The van der Waals surface area contributed by atoms with Gasteiger partial charge in [0.2, 0.25) is 0 Å². The number of anilines is 1. The largest absolute Gasteiger partial charge is 0.486 e.